The fraction of sp³-hybridized carbons (Fsp3) is 0.158. The number of imidazole rings is 1. The van der Waals surface area contributed by atoms with Gasteiger partial charge < -0.3 is 19.6 Å². The van der Waals surface area contributed by atoms with Crippen LogP contribution in [0.4, 0.5) is 5.69 Å². The van der Waals surface area contributed by atoms with Crippen molar-refractivity contribution in [1.29, 1.82) is 0 Å². The first-order valence-corrected chi connectivity index (χ1v) is 8.82. The van der Waals surface area contributed by atoms with E-state index >= 15 is 0 Å². The Morgan fingerprint density at radius 1 is 1.30 bits per heavy atom. The largest absolute Gasteiger partial charge is 0.492 e. The molecule has 6 nitrogen and oxygen atoms in total. The number of fused-ring (bicyclic) bond motifs is 1. The molecule has 0 radical (unpaired) electrons. The highest BCUT2D eigenvalue weighted by Gasteiger charge is 2.40. The van der Waals surface area contributed by atoms with E-state index in [1.165, 1.54) is 0 Å². The number of aromatic nitrogens is 2. The molecular weight excluding hydrogens is 364 g/mol. The van der Waals surface area contributed by atoms with Gasteiger partial charge in [0.05, 0.1) is 22.5 Å². The Bertz CT molecular complexity index is 1020. The molecule has 1 aromatic heterocycles. The minimum Gasteiger partial charge on any atom is -0.423 e. The Labute approximate surface area is 161 Å². The van der Waals surface area contributed by atoms with Gasteiger partial charge in [-0.3, -0.25) is 4.79 Å². The van der Waals surface area contributed by atoms with Crippen LogP contribution in [0.1, 0.15) is 29.8 Å². The quantitative estimate of drug-likeness (QED) is 0.684. The number of benzene rings is 2. The van der Waals surface area contributed by atoms with E-state index in [2.05, 4.69) is 10.3 Å². The summed E-state index contributed by atoms with van der Waals surface area (Å²) in [5, 5.41) is 13.3. The molecule has 8 heteroatoms. The van der Waals surface area contributed by atoms with Crippen molar-refractivity contribution in [3.8, 4) is 5.69 Å². The molecule has 27 heavy (non-hydrogen) atoms. The molecule has 2 N–H and O–H groups in total. The molecule has 0 bridgehead atoms. The van der Waals surface area contributed by atoms with Gasteiger partial charge in [0.25, 0.3) is 5.91 Å². The topological polar surface area (TPSA) is 76.4 Å². The molecule has 1 amide bonds. The Morgan fingerprint density at radius 3 is 2.81 bits per heavy atom. The zero-order valence-corrected chi connectivity index (χ0v) is 15.6. The molecule has 136 valence electrons. The number of nitrogens with one attached hydrogen (secondary N) is 1. The highest BCUT2D eigenvalue weighted by Crippen LogP contribution is 2.31. The summed E-state index contributed by atoms with van der Waals surface area (Å²) in [5.74, 6) is -0.329. The second kappa shape index (κ2) is 6.53. The summed E-state index contributed by atoms with van der Waals surface area (Å²) in [5.41, 5.74) is 2.72. The normalized spacial score (nSPS) is 14.9. The van der Waals surface area contributed by atoms with Gasteiger partial charge in [0.2, 0.25) is 0 Å². The Balaban J connectivity index is 1.57. The molecule has 1 aliphatic rings. The van der Waals surface area contributed by atoms with Gasteiger partial charge >= 0.3 is 7.12 Å². The van der Waals surface area contributed by atoms with Gasteiger partial charge in [0, 0.05) is 23.8 Å². The molecule has 3 aromatic rings. The van der Waals surface area contributed by atoms with Gasteiger partial charge in [-0.25, -0.2) is 4.98 Å². The average molecular weight is 382 g/mol. The van der Waals surface area contributed by atoms with Crippen molar-refractivity contribution in [1.82, 2.24) is 9.55 Å². The second-order valence-electron chi connectivity index (χ2n) is 6.87. The van der Waals surface area contributed by atoms with E-state index in [-0.39, 0.29) is 5.91 Å². The number of hydrogen-bond acceptors (Lipinski definition) is 4. The predicted octanol–water partition coefficient (Wildman–Crippen LogP) is 2.73. The lowest BCUT2D eigenvalue weighted by Gasteiger charge is -2.19. The summed E-state index contributed by atoms with van der Waals surface area (Å²) >= 11 is 6.31. The van der Waals surface area contributed by atoms with Crippen LogP contribution < -0.4 is 10.8 Å². The van der Waals surface area contributed by atoms with E-state index in [1.807, 2.05) is 19.9 Å². The number of anilines is 1. The summed E-state index contributed by atoms with van der Waals surface area (Å²) in [6.07, 6.45) is 5.12. The fourth-order valence-electron chi connectivity index (χ4n) is 3.26. The van der Waals surface area contributed by atoms with Crippen LogP contribution in [0.2, 0.25) is 5.02 Å². The van der Waals surface area contributed by atoms with Gasteiger partial charge in [-0.1, -0.05) is 17.7 Å². The standard InChI is InChI=1S/C19H17BClN3O3/c1-19(2)15-6-3-12(9-16(15)20(26)27-19)23-18(25)14-5-4-13(10-17(14)21)24-8-7-22-11-24/h3-11,26H,1-2H3,(H,23,25). The van der Waals surface area contributed by atoms with E-state index in [9.17, 15) is 9.82 Å². The van der Waals surface area contributed by atoms with Gasteiger partial charge in [-0.2, -0.15) is 0 Å². The molecule has 1 aliphatic heterocycles. The molecule has 0 spiro atoms. The SMILES string of the molecule is CC1(C)OB(O)c2cc(NC(=O)c3ccc(-n4ccnc4)cc3Cl)ccc21. The summed E-state index contributed by atoms with van der Waals surface area (Å²) in [7, 11) is -1.01. The minimum atomic E-state index is -1.01. The molecule has 2 aromatic carbocycles. The maximum Gasteiger partial charge on any atom is 0.492 e. The molecule has 0 saturated carbocycles. The number of rotatable bonds is 3. The zero-order chi connectivity index (χ0) is 19.2. The first kappa shape index (κ1) is 17.8. The van der Waals surface area contributed by atoms with Gasteiger partial charge in [-0.05, 0) is 55.2 Å². The lowest BCUT2D eigenvalue weighted by atomic mass is 9.78. The molecule has 0 fully saturated rings. The fourth-order valence-corrected chi connectivity index (χ4v) is 3.52. The van der Waals surface area contributed by atoms with E-state index in [4.69, 9.17) is 16.3 Å². The highest BCUT2D eigenvalue weighted by molar-refractivity contribution is 6.62. The third kappa shape index (κ3) is 3.25. The lowest BCUT2D eigenvalue weighted by Crippen LogP contribution is -2.29. The van der Waals surface area contributed by atoms with Crippen LogP contribution in [0.3, 0.4) is 0 Å². The monoisotopic (exact) mass is 381 g/mol. The van der Waals surface area contributed by atoms with Crippen LogP contribution in [0, 0.1) is 0 Å². The number of halogens is 1. The summed E-state index contributed by atoms with van der Waals surface area (Å²) in [4.78, 5) is 16.6. The van der Waals surface area contributed by atoms with Crippen molar-refractivity contribution in [3.63, 3.8) is 0 Å². The van der Waals surface area contributed by atoms with Crippen molar-refractivity contribution < 1.29 is 14.5 Å². The molecular formula is C19H17BClN3O3. The van der Waals surface area contributed by atoms with Crippen molar-refractivity contribution in [3.05, 3.63) is 71.3 Å². The van der Waals surface area contributed by atoms with Crippen LogP contribution in [0.25, 0.3) is 5.69 Å². The molecule has 0 unspecified atom stereocenters. The first-order chi connectivity index (χ1) is 12.8. The molecule has 4 rings (SSSR count). The van der Waals surface area contributed by atoms with Crippen LogP contribution in [0.15, 0.2) is 55.1 Å². The van der Waals surface area contributed by atoms with E-state index in [1.54, 1.807) is 53.6 Å². The third-order valence-corrected chi connectivity index (χ3v) is 4.94. The van der Waals surface area contributed by atoms with E-state index < -0.39 is 12.7 Å². The maximum atomic E-state index is 12.6. The van der Waals surface area contributed by atoms with Crippen molar-refractivity contribution in [2.75, 3.05) is 5.32 Å². The summed E-state index contributed by atoms with van der Waals surface area (Å²) in [6.45, 7) is 3.78. The van der Waals surface area contributed by atoms with E-state index in [0.29, 0.717) is 21.7 Å². The van der Waals surface area contributed by atoms with Crippen LogP contribution in [-0.4, -0.2) is 27.6 Å². The zero-order valence-electron chi connectivity index (χ0n) is 14.8. The number of hydrogen-bond donors (Lipinski definition) is 2. The van der Waals surface area contributed by atoms with Gasteiger partial charge in [-0.15, -0.1) is 0 Å². The van der Waals surface area contributed by atoms with Crippen molar-refractivity contribution in [2.24, 2.45) is 0 Å². The summed E-state index contributed by atoms with van der Waals surface area (Å²) in [6, 6.07) is 10.5. The predicted molar refractivity (Wildman–Crippen MR) is 105 cm³/mol. The lowest BCUT2D eigenvalue weighted by molar-refractivity contribution is 0.101. The first-order valence-electron chi connectivity index (χ1n) is 8.45. The highest BCUT2D eigenvalue weighted by atomic mass is 35.5. The summed E-state index contributed by atoms with van der Waals surface area (Å²) < 4.78 is 7.35. The average Bonchev–Trinajstić information content (AvgIpc) is 3.22. The number of carbonyl (C=O) groups excluding carboxylic acids is 1. The molecule has 0 aliphatic carbocycles. The number of nitrogens with zero attached hydrogens (tertiary/aromatic N) is 2. The number of carbonyl (C=O) groups is 1. The minimum absolute atomic E-state index is 0.329. The van der Waals surface area contributed by atoms with Crippen molar-refractivity contribution >= 4 is 35.8 Å². The Kier molecular flexibility index (Phi) is 4.30. The third-order valence-electron chi connectivity index (χ3n) is 4.63. The van der Waals surface area contributed by atoms with Crippen LogP contribution in [-0.2, 0) is 10.3 Å². The van der Waals surface area contributed by atoms with Gasteiger partial charge in [0.15, 0.2) is 0 Å². The molecule has 0 atom stereocenters. The Hall–Kier alpha value is -2.61. The Morgan fingerprint density at radius 2 is 2.11 bits per heavy atom. The maximum absolute atomic E-state index is 12.6. The van der Waals surface area contributed by atoms with E-state index in [0.717, 1.165) is 11.3 Å². The van der Waals surface area contributed by atoms with Crippen molar-refractivity contribution in [2.45, 2.75) is 19.4 Å². The van der Waals surface area contributed by atoms with Crippen LogP contribution in [0.5, 0.6) is 0 Å². The smallest absolute Gasteiger partial charge is 0.423 e. The second-order valence-corrected chi connectivity index (χ2v) is 7.28. The molecule has 0 saturated heterocycles. The van der Waals surface area contributed by atoms with Gasteiger partial charge in [0.1, 0.15) is 0 Å². The molecule has 2 heterocycles. The number of amides is 1. The van der Waals surface area contributed by atoms with Crippen LogP contribution >= 0.6 is 11.6 Å².